The van der Waals surface area contributed by atoms with Crippen molar-refractivity contribution in [3.05, 3.63) is 0 Å². The van der Waals surface area contributed by atoms with Crippen molar-refractivity contribution in [2.45, 2.75) is 65.8 Å². The molecule has 1 rings (SSSR count). The molecule has 0 bridgehead atoms. The van der Waals surface area contributed by atoms with Gasteiger partial charge in [0.1, 0.15) is 0 Å². The van der Waals surface area contributed by atoms with E-state index in [0.29, 0.717) is 18.1 Å². The van der Waals surface area contributed by atoms with E-state index < -0.39 is 0 Å². The summed E-state index contributed by atoms with van der Waals surface area (Å²) >= 11 is 0. The van der Waals surface area contributed by atoms with Gasteiger partial charge in [0, 0.05) is 12.6 Å². The fraction of sp³-hybridized carbons (Fsp3) is 0.933. The standard InChI is InChI=1S/C15H29NO2/c1-5-15(3,4)11-16-13-9-7-8-12(10-13)14(17)18-6-2/h12-13,16H,5-11H2,1-4H3. The highest BCUT2D eigenvalue weighted by molar-refractivity contribution is 5.72. The van der Waals surface area contributed by atoms with Gasteiger partial charge in [-0.1, -0.05) is 27.2 Å². The molecule has 106 valence electrons. The monoisotopic (exact) mass is 255 g/mol. The molecule has 1 saturated carbocycles. The quantitative estimate of drug-likeness (QED) is 0.741. The summed E-state index contributed by atoms with van der Waals surface area (Å²) in [4.78, 5) is 11.8. The second-order valence-electron chi connectivity index (χ2n) is 6.21. The second-order valence-corrected chi connectivity index (χ2v) is 6.21. The van der Waals surface area contributed by atoms with Crippen LogP contribution in [0, 0.1) is 11.3 Å². The van der Waals surface area contributed by atoms with Crippen LogP contribution in [-0.4, -0.2) is 25.2 Å². The Kier molecular flexibility index (Phi) is 6.13. The van der Waals surface area contributed by atoms with Crippen LogP contribution in [0.5, 0.6) is 0 Å². The lowest BCUT2D eigenvalue weighted by Crippen LogP contribution is -2.41. The average Bonchev–Trinajstić information content (AvgIpc) is 2.37. The zero-order valence-corrected chi connectivity index (χ0v) is 12.4. The van der Waals surface area contributed by atoms with Crippen LogP contribution >= 0.6 is 0 Å². The Balaban J connectivity index is 2.37. The fourth-order valence-corrected chi connectivity index (χ4v) is 2.40. The smallest absolute Gasteiger partial charge is 0.308 e. The van der Waals surface area contributed by atoms with Gasteiger partial charge in [-0.25, -0.2) is 0 Å². The van der Waals surface area contributed by atoms with Gasteiger partial charge in [-0.05, 0) is 38.0 Å². The van der Waals surface area contributed by atoms with Crippen LogP contribution < -0.4 is 5.32 Å². The van der Waals surface area contributed by atoms with Gasteiger partial charge in [0.05, 0.1) is 12.5 Å². The maximum atomic E-state index is 11.8. The van der Waals surface area contributed by atoms with Crippen molar-refractivity contribution < 1.29 is 9.53 Å². The first-order chi connectivity index (χ1) is 8.48. The summed E-state index contributed by atoms with van der Waals surface area (Å²) in [6, 6.07) is 0.485. The van der Waals surface area contributed by atoms with Crippen molar-refractivity contribution in [3.63, 3.8) is 0 Å². The number of nitrogens with one attached hydrogen (secondary N) is 1. The first-order valence-electron chi connectivity index (χ1n) is 7.38. The maximum Gasteiger partial charge on any atom is 0.308 e. The molecule has 0 radical (unpaired) electrons. The molecule has 18 heavy (non-hydrogen) atoms. The number of hydrogen-bond donors (Lipinski definition) is 1. The summed E-state index contributed by atoms with van der Waals surface area (Å²) in [6.45, 7) is 10.2. The summed E-state index contributed by atoms with van der Waals surface area (Å²) in [5.74, 6) is 0.111. The lowest BCUT2D eigenvalue weighted by Gasteiger charge is -2.32. The van der Waals surface area contributed by atoms with Gasteiger partial charge in [0.2, 0.25) is 0 Å². The average molecular weight is 255 g/mol. The van der Waals surface area contributed by atoms with Gasteiger partial charge in [0.15, 0.2) is 0 Å². The molecule has 1 N–H and O–H groups in total. The van der Waals surface area contributed by atoms with E-state index in [4.69, 9.17) is 4.74 Å². The van der Waals surface area contributed by atoms with E-state index >= 15 is 0 Å². The number of hydrogen-bond acceptors (Lipinski definition) is 3. The van der Waals surface area contributed by atoms with Gasteiger partial charge in [0.25, 0.3) is 0 Å². The van der Waals surface area contributed by atoms with Crippen LogP contribution in [-0.2, 0) is 9.53 Å². The van der Waals surface area contributed by atoms with Crippen LogP contribution in [0.4, 0.5) is 0 Å². The highest BCUT2D eigenvalue weighted by Gasteiger charge is 2.28. The minimum atomic E-state index is -0.00116. The predicted octanol–water partition coefficient (Wildman–Crippen LogP) is 3.13. The van der Waals surface area contributed by atoms with Gasteiger partial charge in [-0.15, -0.1) is 0 Å². The third kappa shape index (κ3) is 4.97. The Hall–Kier alpha value is -0.570. The van der Waals surface area contributed by atoms with Gasteiger partial charge in [-0.3, -0.25) is 4.79 Å². The van der Waals surface area contributed by atoms with E-state index in [1.165, 1.54) is 12.8 Å². The van der Waals surface area contributed by atoms with Gasteiger partial charge < -0.3 is 10.1 Å². The molecule has 1 aliphatic carbocycles. The Labute approximate surface area is 112 Å². The maximum absolute atomic E-state index is 11.8. The van der Waals surface area contributed by atoms with Crippen molar-refractivity contribution in [1.29, 1.82) is 0 Å². The highest BCUT2D eigenvalue weighted by Crippen LogP contribution is 2.26. The van der Waals surface area contributed by atoms with Crippen molar-refractivity contribution in [1.82, 2.24) is 5.32 Å². The molecule has 0 aromatic rings. The van der Waals surface area contributed by atoms with E-state index in [0.717, 1.165) is 25.8 Å². The molecule has 0 aliphatic heterocycles. The normalized spacial score (nSPS) is 24.9. The van der Waals surface area contributed by atoms with Crippen LogP contribution in [0.15, 0.2) is 0 Å². The molecule has 3 nitrogen and oxygen atoms in total. The minimum absolute atomic E-state index is 0.00116. The number of ether oxygens (including phenoxy) is 1. The first-order valence-corrected chi connectivity index (χ1v) is 7.38. The number of carbonyl (C=O) groups is 1. The molecule has 0 spiro atoms. The first kappa shape index (κ1) is 15.5. The number of carbonyl (C=O) groups excluding carboxylic acids is 1. The summed E-state index contributed by atoms with van der Waals surface area (Å²) in [6.07, 6.45) is 5.43. The van der Waals surface area contributed by atoms with Crippen molar-refractivity contribution in [3.8, 4) is 0 Å². The molecular weight excluding hydrogens is 226 g/mol. The molecule has 1 aliphatic rings. The van der Waals surface area contributed by atoms with E-state index in [-0.39, 0.29) is 11.9 Å². The highest BCUT2D eigenvalue weighted by atomic mass is 16.5. The van der Waals surface area contributed by atoms with Crippen molar-refractivity contribution >= 4 is 5.97 Å². The van der Waals surface area contributed by atoms with E-state index in [1.54, 1.807) is 0 Å². The van der Waals surface area contributed by atoms with E-state index in [2.05, 4.69) is 26.1 Å². The van der Waals surface area contributed by atoms with Crippen LogP contribution in [0.1, 0.15) is 59.8 Å². The summed E-state index contributed by atoms with van der Waals surface area (Å²) < 4.78 is 5.13. The molecule has 2 atom stereocenters. The topological polar surface area (TPSA) is 38.3 Å². The molecule has 0 aromatic carbocycles. The number of rotatable bonds is 6. The zero-order valence-electron chi connectivity index (χ0n) is 12.4. The Morgan fingerprint density at radius 3 is 2.67 bits per heavy atom. The predicted molar refractivity (Wildman–Crippen MR) is 74.5 cm³/mol. The molecule has 0 amide bonds. The van der Waals surface area contributed by atoms with Crippen molar-refractivity contribution in [2.75, 3.05) is 13.2 Å². The Morgan fingerprint density at radius 1 is 1.33 bits per heavy atom. The second kappa shape index (κ2) is 7.13. The molecular formula is C15H29NO2. The Bertz CT molecular complexity index is 263. The Morgan fingerprint density at radius 2 is 2.06 bits per heavy atom. The lowest BCUT2D eigenvalue weighted by molar-refractivity contribution is -0.149. The van der Waals surface area contributed by atoms with Crippen LogP contribution in [0.2, 0.25) is 0 Å². The lowest BCUT2D eigenvalue weighted by atomic mass is 9.84. The SMILES string of the molecule is CCOC(=O)C1CCCC(NCC(C)(C)CC)C1. The summed E-state index contributed by atoms with van der Waals surface area (Å²) in [5, 5.41) is 3.63. The number of esters is 1. The minimum Gasteiger partial charge on any atom is -0.466 e. The molecule has 0 heterocycles. The van der Waals surface area contributed by atoms with Crippen molar-refractivity contribution in [2.24, 2.45) is 11.3 Å². The summed E-state index contributed by atoms with van der Waals surface area (Å²) in [5.41, 5.74) is 0.344. The van der Waals surface area contributed by atoms with Crippen LogP contribution in [0.25, 0.3) is 0 Å². The third-order valence-corrected chi connectivity index (χ3v) is 4.12. The molecule has 1 fully saturated rings. The third-order valence-electron chi connectivity index (χ3n) is 4.12. The van der Waals surface area contributed by atoms with Gasteiger partial charge in [-0.2, -0.15) is 0 Å². The molecule has 2 unspecified atom stereocenters. The molecule has 0 aromatic heterocycles. The van der Waals surface area contributed by atoms with Crippen LogP contribution in [0.3, 0.4) is 0 Å². The summed E-state index contributed by atoms with van der Waals surface area (Å²) in [7, 11) is 0. The molecule has 0 saturated heterocycles. The molecule has 3 heteroatoms. The fourth-order valence-electron chi connectivity index (χ4n) is 2.40. The zero-order chi connectivity index (χ0) is 13.6. The largest absolute Gasteiger partial charge is 0.466 e. The van der Waals surface area contributed by atoms with E-state index in [9.17, 15) is 4.79 Å². The van der Waals surface area contributed by atoms with E-state index in [1.807, 2.05) is 6.92 Å². The van der Waals surface area contributed by atoms with Gasteiger partial charge >= 0.3 is 5.97 Å².